The fourth-order valence-electron chi connectivity index (χ4n) is 1.70. The van der Waals surface area contributed by atoms with E-state index in [0.717, 1.165) is 6.07 Å². The lowest BCUT2D eigenvalue weighted by Gasteiger charge is -2.10. The van der Waals surface area contributed by atoms with Crippen LogP contribution in [0.1, 0.15) is 15.9 Å². The highest BCUT2D eigenvalue weighted by Crippen LogP contribution is 2.22. The zero-order valence-corrected chi connectivity index (χ0v) is 11.0. The van der Waals surface area contributed by atoms with Gasteiger partial charge in [0.15, 0.2) is 0 Å². The Morgan fingerprint density at radius 2 is 1.95 bits per heavy atom. The molecule has 0 heterocycles. The maximum absolute atomic E-state index is 13.6. The van der Waals surface area contributed by atoms with Crippen molar-refractivity contribution in [2.24, 2.45) is 5.73 Å². The molecule has 0 saturated carbocycles. The zero-order chi connectivity index (χ0) is 14.7. The van der Waals surface area contributed by atoms with Crippen LogP contribution in [0.25, 0.3) is 0 Å². The van der Waals surface area contributed by atoms with E-state index in [1.54, 1.807) is 0 Å². The maximum atomic E-state index is 13.6. The molecular weight excluding hydrogens is 286 g/mol. The van der Waals surface area contributed by atoms with Gasteiger partial charge in [-0.25, -0.2) is 8.78 Å². The summed E-state index contributed by atoms with van der Waals surface area (Å²) in [6.45, 7) is -0.00928. The van der Waals surface area contributed by atoms with E-state index in [1.165, 1.54) is 30.3 Å². The van der Waals surface area contributed by atoms with Crippen molar-refractivity contribution in [2.45, 2.75) is 6.54 Å². The van der Waals surface area contributed by atoms with Crippen molar-refractivity contribution in [3.8, 4) is 0 Å². The summed E-state index contributed by atoms with van der Waals surface area (Å²) in [6, 6.07) is 7.95. The van der Waals surface area contributed by atoms with Crippen LogP contribution in [-0.4, -0.2) is 5.91 Å². The third-order valence-electron chi connectivity index (χ3n) is 2.77. The fourth-order valence-corrected chi connectivity index (χ4v) is 1.93. The second-order valence-corrected chi connectivity index (χ2v) is 4.52. The standard InChI is InChI=1S/C14H11ClF2N2O/c15-10-2-1-3-11(16)9(10)7-19-13-6-8(14(18)20)4-5-12(13)17/h1-6,19H,7H2,(H2,18,20). The van der Waals surface area contributed by atoms with Crippen molar-refractivity contribution in [1.29, 1.82) is 0 Å². The first-order chi connectivity index (χ1) is 9.49. The first kappa shape index (κ1) is 14.3. The van der Waals surface area contributed by atoms with Gasteiger partial charge in [-0.05, 0) is 30.3 Å². The molecule has 104 valence electrons. The van der Waals surface area contributed by atoms with E-state index in [2.05, 4.69) is 5.32 Å². The molecule has 0 aliphatic carbocycles. The summed E-state index contributed by atoms with van der Waals surface area (Å²) in [5.41, 5.74) is 5.56. The fraction of sp³-hybridized carbons (Fsp3) is 0.0714. The summed E-state index contributed by atoms with van der Waals surface area (Å²) in [7, 11) is 0. The van der Waals surface area contributed by atoms with Crippen LogP contribution in [0, 0.1) is 11.6 Å². The number of nitrogens with one attached hydrogen (secondary N) is 1. The Labute approximate surface area is 119 Å². The van der Waals surface area contributed by atoms with Gasteiger partial charge in [-0.1, -0.05) is 17.7 Å². The molecule has 0 radical (unpaired) electrons. The van der Waals surface area contributed by atoms with E-state index in [9.17, 15) is 13.6 Å². The molecule has 2 aromatic carbocycles. The average Bonchev–Trinajstić information content (AvgIpc) is 2.39. The number of benzene rings is 2. The van der Waals surface area contributed by atoms with Crippen molar-refractivity contribution in [1.82, 2.24) is 0 Å². The monoisotopic (exact) mass is 296 g/mol. The van der Waals surface area contributed by atoms with Gasteiger partial charge in [0.05, 0.1) is 5.69 Å². The summed E-state index contributed by atoms with van der Waals surface area (Å²) >= 11 is 5.87. The number of nitrogens with two attached hydrogens (primary N) is 1. The number of amides is 1. The molecule has 0 unspecified atom stereocenters. The minimum atomic E-state index is -0.669. The molecule has 0 aliphatic rings. The molecule has 0 aliphatic heterocycles. The number of hydrogen-bond donors (Lipinski definition) is 2. The van der Waals surface area contributed by atoms with Gasteiger partial charge in [-0.2, -0.15) is 0 Å². The summed E-state index contributed by atoms with van der Waals surface area (Å²) in [4.78, 5) is 11.0. The smallest absolute Gasteiger partial charge is 0.248 e. The number of anilines is 1. The molecule has 2 aromatic rings. The zero-order valence-electron chi connectivity index (χ0n) is 10.3. The van der Waals surface area contributed by atoms with E-state index in [-0.39, 0.29) is 28.4 Å². The quantitative estimate of drug-likeness (QED) is 0.909. The normalized spacial score (nSPS) is 10.3. The number of halogens is 3. The van der Waals surface area contributed by atoms with Crippen LogP contribution in [0.15, 0.2) is 36.4 Å². The Bertz CT molecular complexity index is 641. The molecule has 2 rings (SSSR count). The van der Waals surface area contributed by atoms with Crippen molar-refractivity contribution in [3.05, 3.63) is 64.2 Å². The lowest BCUT2D eigenvalue weighted by atomic mass is 10.1. The van der Waals surface area contributed by atoms with E-state index in [0.29, 0.717) is 0 Å². The predicted molar refractivity (Wildman–Crippen MR) is 73.7 cm³/mol. The Balaban J connectivity index is 2.23. The molecule has 6 heteroatoms. The third-order valence-corrected chi connectivity index (χ3v) is 3.12. The van der Waals surface area contributed by atoms with Crippen LogP contribution in [0.5, 0.6) is 0 Å². The first-order valence-corrected chi connectivity index (χ1v) is 6.13. The average molecular weight is 297 g/mol. The highest BCUT2D eigenvalue weighted by molar-refractivity contribution is 6.31. The van der Waals surface area contributed by atoms with Gasteiger partial charge in [0.25, 0.3) is 0 Å². The molecule has 0 bridgehead atoms. The van der Waals surface area contributed by atoms with Gasteiger partial charge in [0.1, 0.15) is 11.6 Å². The van der Waals surface area contributed by atoms with Gasteiger partial charge < -0.3 is 11.1 Å². The predicted octanol–water partition coefficient (Wildman–Crippen LogP) is 3.33. The SMILES string of the molecule is NC(=O)c1ccc(F)c(NCc2c(F)cccc2Cl)c1. The molecule has 0 saturated heterocycles. The van der Waals surface area contributed by atoms with Crippen LogP contribution >= 0.6 is 11.6 Å². The number of carbonyl (C=O) groups excluding carboxylic acids is 1. The van der Waals surface area contributed by atoms with Gasteiger partial charge in [0.2, 0.25) is 5.91 Å². The van der Waals surface area contributed by atoms with Gasteiger partial charge in [0, 0.05) is 22.7 Å². The van der Waals surface area contributed by atoms with Gasteiger partial charge in [-0.15, -0.1) is 0 Å². The van der Waals surface area contributed by atoms with Crippen LogP contribution in [-0.2, 0) is 6.54 Å². The van der Waals surface area contributed by atoms with Crippen LogP contribution < -0.4 is 11.1 Å². The molecule has 1 amide bonds. The minimum absolute atomic E-state index is 0.00928. The van der Waals surface area contributed by atoms with E-state index in [4.69, 9.17) is 17.3 Å². The molecule has 3 nitrogen and oxygen atoms in total. The Kier molecular flexibility index (Phi) is 4.20. The van der Waals surface area contributed by atoms with Crippen molar-refractivity contribution >= 4 is 23.2 Å². The summed E-state index contributed by atoms with van der Waals surface area (Å²) in [5, 5.41) is 2.94. The number of hydrogen-bond acceptors (Lipinski definition) is 2. The Morgan fingerprint density at radius 3 is 2.60 bits per heavy atom. The van der Waals surface area contributed by atoms with E-state index < -0.39 is 17.5 Å². The first-order valence-electron chi connectivity index (χ1n) is 5.75. The Hall–Kier alpha value is -2.14. The molecule has 0 atom stereocenters. The van der Waals surface area contributed by atoms with Crippen molar-refractivity contribution in [2.75, 3.05) is 5.32 Å². The van der Waals surface area contributed by atoms with Crippen LogP contribution in [0.2, 0.25) is 5.02 Å². The van der Waals surface area contributed by atoms with Crippen LogP contribution in [0.3, 0.4) is 0 Å². The summed E-state index contributed by atoms with van der Waals surface area (Å²) in [5.74, 6) is -1.73. The van der Waals surface area contributed by atoms with Crippen molar-refractivity contribution in [3.63, 3.8) is 0 Å². The molecule has 20 heavy (non-hydrogen) atoms. The summed E-state index contributed by atoms with van der Waals surface area (Å²) < 4.78 is 27.2. The topological polar surface area (TPSA) is 55.1 Å². The number of carbonyl (C=O) groups is 1. The molecule has 0 fully saturated rings. The van der Waals surface area contributed by atoms with E-state index in [1.807, 2.05) is 0 Å². The lowest BCUT2D eigenvalue weighted by molar-refractivity contribution is 0.100. The number of primary amides is 1. The van der Waals surface area contributed by atoms with Gasteiger partial charge >= 0.3 is 0 Å². The molecular formula is C14H11ClF2N2O. The molecule has 0 aromatic heterocycles. The van der Waals surface area contributed by atoms with Crippen LogP contribution in [0.4, 0.5) is 14.5 Å². The van der Waals surface area contributed by atoms with Crippen molar-refractivity contribution < 1.29 is 13.6 Å². The Morgan fingerprint density at radius 1 is 1.20 bits per heavy atom. The minimum Gasteiger partial charge on any atom is -0.378 e. The molecule has 3 N–H and O–H groups in total. The highest BCUT2D eigenvalue weighted by Gasteiger charge is 2.10. The largest absolute Gasteiger partial charge is 0.378 e. The summed E-state index contributed by atoms with van der Waals surface area (Å²) in [6.07, 6.45) is 0. The number of rotatable bonds is 4. The highest BCUT2D eigenvalue weighted by atomic mass is 35.5. The third kappa shape index (κ3) is 3.05. The van der Waals surface area contributed by atoms with Gasteiger partial charge in [-0.3, -0.25) is 4.79 Å². The molecule has 0 spiro atoms. The lowest BCUT2D eigenvalue weighted by Crippen LogP contribution is -2.12. The second kappa shape index (κ2) is 5.88. The maximum Gasteiger partial charge on any atom is 0.248 e. The van der Waals surface area contributed by atoms with E-state index >= 15 is 0 Å². The second-order valence-electron chi connectivity index (χ2n) is 4.11.